The highest BCUT2D eigenvalue weighted by molar-refractivity contribution is 7.19. The fourth-order valence-electron chi connectivity index (χ4n) is 2.24. The molecular weight excluding hydrogens is 324 g/mol. The van der Waals surface area contributed by atoms with Crippen LogP contribution in [0.4, 0.5) is 9.93 Å². The van der Waals surface area contributed by atoms with Crippen molar-refractivity contribution in [2.24, 2.45) is 5.92 Å². The largest absolute Gasteiger partial charge is 0.376 e. The fraction of sp³-hybridized carbons (Fsp3) is 0.471. The molecule has 24 heavy (non-hydrogen) atoms. The molecule has 2 N–H and O–H groups in total. The molecule has 1 aliphatic rings. The monoisotopic (exact) mass is 346 g/mol. The lowest BCUT2D eigenvalue weighted by molar-refractivity contribution is 0.0601. The number of nitrogens with zero attached hydrogens (tertiary/aromatic N) is 2. The number of aromatic nitrogens is 2. The third kappa shape index (κ3) is 4.75. The number of carbonyl (C=O) groups excluding carboxylic acids is 1. The molecule has 1 fully saturated rings. The lowest BCUT2D eigenvalue weighted by Gasteiger charge is -2.13. The van der Waals surface area contributed by atoms with Crippen molar-refractivity contribution in [3.05, 3.63) is 30.2 Å². The van der Waals surface area contributed by atoms with Crippen molar-refractivity contribution in [2.75, 3.05) is 18.5 Å². The second kappa shape index (κ2) is 7.72. The van der Waals surface area contributed by atoms with Crippen LogP contribution in [0.15, 0.2) is 24.5 Å². The standard InChI is InChI=1S/C17H22N4O2S/c1-11(23-10-13-3-4-13)9-19-16(22)21-17-20-12(2)15(24-17)14-5-7-18-8-6-14/h5-8,11,13H,3-4,9-10H2,1-2H3,(H2,19,20,21,22)/t11-/m0/s1. The number of aryl methyl sites for hydroxylation is 1. The average molecular weight is 346 g/mol. The Morgan fingerprint density at radius 3 is 2.88 bits per heavy atom. The summed E-state index contributed by atoms with van der Waals surface area (Å²) in [6, 6.07) is 3.61. The number of thiazole rings is 1. The second-order valence-corrected chi connectivity index (χ2v) is 7.09. The summed E-state index contributed by atoms with van der Waals surface area (Å²) in [7, 11) is 0. The number of hydrogen-bond donors (Lipinski definition) is 2. The third-order valence-corrected chi connectivity index (χ3v) is 4.94. The van der Waals surface area contributed by atoms with Crippen molar-refractivity contribution in [2.45, 2.75) is 32.8 Å². The van der Waals surface area contributed by atoms with Gasteiger partial charge in [0.2, 0.25) is 0 Å². The van der Waals surface area contributed by atoms with E-state index in [4.69, 9.17) is 4.74 Å². The van der Waals surface area contributed by atoms with E-state index < -0.39 is 0 Å². The van der Waals surface area contributed by atoms with Crippen LogP contribution in [0.5, 0.6) is 0 Å². The minimum absolute atomic E-state index is 0.0155. The predicted octanol–water partition coefficient (Wildman–Crippen LogP) is 3.45. The normalized spacial score (nSPS) is 15.1. The Morgan fingerprint density at radius 1 is 1.42 bits per heavy atom. The second-order valence-electron chi connectivity index (χ2n) is 6.09. The van der Waals surface area contributed by atoms with Crippen LogP contribution in [-0.4, -0.2) is 35.3 Å². The van der Waals surface area contributed by atoms with E-state index >= 15 is 0 Å². The molecule has 2 aromatic heterocycles. The summed E-state index contributed by atoms with van der Waals surface area (Å²) in [5.74, 6) is 0.728. The van der Waals surface area contributed by atoms with Gasteiger partial charge in [0.25, 0.3) is 0 Å². The van der Waals surface area contributed by atoms with Gasteiger partial charge in [0, 0.05) is 25.5 Å². The molecule has 2 amide bonds. The van der Waals surface area contributed by atoms with Gasteiger partial charge in [-0.2, -0.15) is 0 Å². The minimum atomic E-state index is -0.257. The summed E-state index contributed by atoms with van der Waals surface area (Å²) in [5.41, 5.74) is 1.94. The number of amides is 2. The van der Waals surface area contributed by atoms with Crippen LogP contribution in [0, 0.1) is 12.8 Å². The van der Waals surface area contributed by atoms with Crippen LogP contribution < -0.4 is 10.6 Å². The molecule has 3 rings (SSSR count). The van der Waals surface area contributed by atoms with Crippen LogP contribution >= 0.6 is 11.3 Å². The van der Waals surface area contributed by atoms with E-state index in [-0.39, 0.29) is 12.1 Å². The number of ether oxygens (including phenoxy) is 1. The van der Waals surface area contributed by atoms with Crippen molar-refractivity contribution in [1.29, 1.82) is 0 Å². The fourth-order valence-corrected chi connectivity index (χ4v) is 3.21. The lowest BCUT2D eigenvalue weighted by Crippen LogP contribution is -2.35. The number of hydrogen-bond acceptors (Lipinski definition) is 5. The number of rotatable bonds is 7. The van der Waals surface area contributed by atoms with Gasteiger partial charge in [0.15, 0.2) is 5.13 Å². The van der Waals surface area contributed by atoms with Gasteiger partial charge in [-0.15, -0.1) is 0 Å². The molecule has 0 saturated heterocycles. The summed E-state index contributed by atoms with van der Waals surface area (Å²) in [4.78, 5) is 21.5. The highest BCUT2D eigenvalue weighted by Gasteiger charge is 2.22. The number of anilines is 1. The first-order valence-corrected chi connectivity index (χ1v) is 8.97. The Kier molecular flexibility index (Phi) is 5.42. The van der Waals surface area contributed by atoms with E-state index in [1.165, 1.54) is 24.2 Å². The van der Waals surface area contributed by atoms with E-state index in [0.717, 1.165) is 28.7 Å². The van der Waals surface area contributed by atoms with Gasteiger partial charge in [0.05, 0.1) is 16.7 Å². The Labute approximate surface area is 145 Å². The summed E-state index contributed by atoms with van der Waals surface area (Å²) in [5, 5.41) is 6.20. The van der Waals surface area contributed by atoms with Gasteiger partial charge in [-0.25, -0.2) is 9.78 Å². The van der Waals surface area contributed by atoms with Crippen molar-refractivity contribution in [1.82, 2.24) is 15.3 Å². The maximum Gasteiger partial charge on any atom is 0.321 e. The van der Waals surface area contributed by atoms with E-state index in [1.54, 1.807) is 12.4 Å². The molecule has 0 aromatic carbocycles. The van der Waals surface area contributed by atoms with Crippen molar-refractivity contribution >= 4 is 22.5 Å². The van der Waals surface area contributed by atoms with Crippen LogP contribution in [0.1, 0.15) is 25.5 Å². The topological polar surface area (TPSA) is 76.1 Å². The zero-order chi connectivity index (χ0) is 16.9. The first-order valence-electron chi connectivity index (χ1n) is 8.16. The van der Waals surface area contributed by atoms with E-state index in [2.05, 4.69) is 20.6 Å². The first-order chi connectivity index (χ1) is 11.6. The van der Waals surface area contributed by atoms with Crippen LogP contribution in [0.25, 0.3) is 10.4 Å². The Hall–Kier alpha value is -1.99. The lowest BCUT2D eigenvalue weighted by atomic mass is 10.2. The molecule has 0 bridgehead atoms. The molecule has 0 radical (unpaired) electrons. The zero-order valence-corrected chi connectivity index (χ0v) is 14.7. The third-order valence-electron chi connectivity index (χ3n) is 3.82. The predicted molar refractivity (Wildman–Crippen MR) is 95.2 cm³/mol. The average Bonchev–Trinajstić information content (AvgIpc) is 3.34. The number of carbonyl (C=O) groups is 1. The maximum absolute atomic E-state index is 12.0. The first kappa shape index (κ1) is 16.9. The molecule has 1 atom stereocenters. The quantitative estimate of drug-likeness (QED) is 0.805. The molecule has 2 heterocycles. The highest BCUT2D eigenvalue weighted by atomic mass is 32.1. The molecule has 0 aliphatic heterocycles. The smallest absolute Gasteiger partial charge is 0.321 e. The van der Waals surface area contributed by atoms with E-state index in [1.807, 2.05) is 26.0 Å². The van der Waals surface area contributed by atoms with Crippen LogP contribution in [-0.2, 0) is 4.74 Å². The van der Waals surface area contributed by atoms with Crippen LogP contribution in [0.2, 0.25) is 0 Å². The van der Waals surface area contributed by atoms with Crippen molar-refractivity contribution < 1.29 is 9.53 Å². The van der Waals surface area contributed by atoms with Gasteiger partial charge in [0.1, 0.15) is 0 Å². The highest BCUT2D eigenvalue weighted by Crippen LogP contribution is 2.32. The Morgan fingerprint density at radius 2 is 2.17 bits per heavy atom. The molecule has 0 spiro atoms. The maximum atomic E-state index is 12.0. The summed E-state index contributed by atoms with van der Waals surface area (Å²) < 4.78 is 5.69. The number of pyridine rings is 1. The van der Waals surface area contributed by atoms with Gasteiger partial charge in [-0.05, 0) is 50.3 Å². The molecular formula is C17H22N4O2S. The number of nitrogens with one attached hydrogen (secondary N) is 2. The molecule has 1 saturated carbocycles. The molecule has 6 nitrogen and oxygen atoms in total. The molecule has 7 heteroatoms. The zero-order valence-electron chi connectivity index (χ0n) is 13.9. The minimum Gasteiger partial charge on any atom is -0.376 e. The SMILES string of the molecule is Cc1nc(NC(=O)NC[C@H](C)OCC2CC2)sc1-c1ccncc1. The van der Waals surface area contributed by atoms with Crippen LogP contribution in [0.3, 0.4) is 0 Å². The Balaban J connectivity index is 1.49. The van der Waals surface area contributed by atoms with E-state index in [9.17, 15) is 4.79 Å². The van der Waals surface area contributed by atoms with Gasteiger partial charge >= 0.3 is 6.03 Å². The Bertz CT molecular complexity index is 685. The molecule has 2 aromatic rings. The summed E-state index contributed by atoms with van der Waals surface area (Å²) >= 11 is 1.46. The van der Waals surface area contributed by atoms with Crippen molar-refractivity contribution in [3.63, 3.8) is 0 Å². The summed E-state index contributed by atoms with van der Waals surface area (Å²) in [6.45, 7) is 5.19. The van der Waals surface area contributed by atoms with Gasteiger partial charge < -0.3 is 10.1 Å². The molecule has 1 aliphatic carbocycles. The van der Waals surface area contributed by atoms with Gasteiger partial charge in [-0.1, -0.05) is 11.3 Å². The van der Waals surface area contributed by atoms with Crippen molar-refractivity contribution in [3.8, 4) is 10.4 Å². The molecule has 128 valence electrons. The number of urea groups is 1. The van der Waals surface area contributed by atoms with Gasteiger partial charge in [-0.3, -0.25) is 10.3 Å². The summed E-state index contributed by atoms with van der Waals surface area (Å²) in [6.07, 6.45) is 6.05. The molecule has 0 unspecified atom stereocenters. The van der Waals surface area contributed by atoms with E-state index in [0.29, 0.717) is 11.7 Å².